The Kier molecular flexibility index (Phi) is 1.61. The molecule has 2 aromatic heterocycles. The van der Waals surface area contributed by atoms with Crippen LogP contribution in [0.25, 0.3) is 5.65 Å². The highest BCUT2D eigenvalue weighted by atomic mass is 15.0. The smallest absolute Gasteiger partial charge is 0.137 e. The summed E-state index contributed by atoms with van der Waals surface area (Å²) in [5.74, 6) is 0. The topological polar surface area (TPSA) is 17.3 Å². The van der Waals surface area contributed by atoms with Crippen LogP contribution in [0.4, 0.5) is 0 Å². The first-order valence-corrected chi connectivity index (χ1v) is 4.04. The number of aromatic nitrogens is 2. The summed E-state index contributed by atoms with van der Waals surface area (Å²) in [6.07, 6.45) is 6.01. The maximum absolute atomic E-state index is 4.27. The molecule has 61 valence electrons. The van der Waals surface area contributed by atoms with Gasteiger partial charge in [-0.2, -0.15) is 0 Å². The summed E-state index contributed by atoms with van der Waals surface area (Å²) in [4.78, 5) is 4.27. The van der Waals surface area contributed by atoms with Gasteiger partial charge in [-0.1, -0.05) is 6.92 Å². The second-order valence-corrected chi connectivity index (χ2v) is 2.88. The molecule has 0 aliphatic carbocycles. The fourth-order valence-corrected chi connectivity index (χ4v) is 1.30. The van der Waals surface area contributed by atoms with Crippen LogP contribution >= 0.6 is 0 Å². The van der Waals surface area contributed by atoms with Gasteiger partial charge in [-0.3, -0.25) is 0 Å². The van der Waals surface area contributed by atoms with Crippen molar-refractivity contribution in [1.82, 2.24) is 9.38 Å². The van der Waals surface area contributed by atoms with Gasteiger partial charge in [-0.25, -0.2) is 4.98 Å². The van der Waals surface area contributed by atoms with Crippen LogP contribution in [0.5, 0.6) is 0 Å². The van der Waals surface area contributed by atoms with Gasteiger partial charge in [0.2, 0.25) is 0 Å². The maximum atomic E-state index is 4.27. The van der Waals surface area contributed by atoms with Crippen LogP contribution in [0.2, 0.25) is 0 Å². The molecule has 0 N–H and O–H groups in total. The minimum atomic E-state index is 1.02. The molecule has 0 spiro atoms. The first-order chi connectivity index (χ1) is 5.81. The fourth-order valence-electron chi connectivity index (χ4n) is 1.30. The molecule has 0 aliphatic rings. The Morgan fingerprint density at radius 1 is 1.50 bits per heavy atom. The zero-order chi connectivity index (χ0) is 8.55. The van der Waals surface area contributed by atoms with Crippen molar-refractivity contribution in [3.63, 3.8) is 0 Å². The van der Waals surface area contributed by atoms with Crippen LogP contribution in [-0.4, -0.2) is 9.38 Å². The van der Waals surface area contributed by atoms with Crippen LogP contribution < -0.4 is 0 Å². The lowest BCUT2D eigenvalue weighted by Gasteiger charge is -1.98. The molecule has 2 rings (SSSR count). The Bertz CT molecular complexity index is 401. The zero-order valence-electron chi connectivity index (χ0n) is 7.28. The molecule has 0 saturated carbocycles. The van der Waals surface area contributed by atoms with Gasteiger partial charge in [-0.05, 0) is 31.0 Å². The predicted molar refractivity (Wildman–Crippen MR) is 49.0 cm³/mol. The van der Waals surface area contributed by atoms with E-state index >= 15 is 0 Å². The van der Waals surface area contributed by atoms with Crippen molar-refractivity contribution in [2.45, 2.75) is 13.8 Å². The summed E-state index contributed by atoms with van der Waals surface area (Å²) in [7, 11) is 0. The molecule has 12 heavy (non-hydrogen) atoms. The van der Waals surface area contributed by atoms with E-state index in [0.717, 1.165) is 5.65 Å². The highest BCUT2D eigenvalue weighted by molar-refractivity contribution is 5.44. The monoisotopic (exact) mass is 159 g/mol. The molecule has 0 aromatic carbocycles. The van der Waals surface area contributed by atoms with Gasteiger partial charge in [0.25, 0.3) is 0 Å². The van der Waals surface area contributed by atoms with Crippen molar-refractivity contribution >= 4 is 5.65 Å². The molecule has 2 heteroatoms. The molecular weight excluding hydrogens is 148 g/mol. The minimum absolute atomic E-state index is 1.02. The molecule has 0 bridgehead atoms. The summed E-state index contributed by atoms with van der Waals surface area (Å²) in [6.45, 7) is 4.08. The van der Waals surface area contributed by atoms with E-state index in [1.807, 2.05) is 19.3 Å². The van der Waals surface area contributed by atoms with Gasteiger partial charge in [0.1, 0.15) is 5.65 Å². The van der Waals surface area contributed by atoms with Crippen LogP contribution in [0.1, 0.15) is 18.2 Å². The van der Waals surface area contributed by atoms with Gasteiger partial charge in [0.05, 0.1) is 0 Å². The maximum Gasteiger partial charge on any atom is 0.137 e. The summed E-state index contributed by atoms with van der Waals surface area (Å²) >= 11 is 0. The third-order valence-corrected chi connectivity index (χ3v) is 2.06. The Balaban J connectivity index is 2.69. The van der Waals surface area contributed by atoms with Crippen LogP contribution in [0.15, 0.2) is 24.5 Å². The molecule has 0 saturated heterocycles. The highest BCUT2D eigenvalue weighted by Gasteiger charge is 1.98. The molecule has 0 atom stereocenters. The zero-order valence-corrected chi connectivity index (χ0v) is 7.28. The molecular formula is C10H11N2. The largest absolute Gasteiger partial charge is 0.304 e. The second kappa shape index (κ2) is 2.63. The lowest BCUT2D eigenvalue weighted by Crippen LogP contribution is -1.87. The van der Waals surface area contributed by atoms with E-state index in [-0.39, 0.29) is 0 Å². The molecule has 2 nitrogen and oxygen atoms in total. The lowest BCUT2D eigenvalue weighted by atomic mass is 10.2. The Hall–Kier alpha value is -1.31. The van der Waals surface area contributed by atoms with Crippen molar-refractivity contribution in [2.75, 3.05) is 0 Å². The Morgan fingerprint density at radius 2 is 2.33 bits per heavy atom. The van der Waals surface area contributed by atoms with Crippen molar-refractivity contribution in [2.24, 2.45) is 0 Å². The van der Waals surface area contributed by atoms with Crippen molar-refractivity contribution < 1.29 is 0 Å². The van der Waals surface area contributed by atoms with Gasteiger partial charge < -0.3 is 4.40 Å². The number of hydrogen-bond donors (Lipinski definition) is 0. The Labute approximate surface area is 71.9 Å². The lowest BCUT2D eigenvalue weighted by molar-refractivity contribution is 1.10. The average molecular weight is 159 g/mol. The van der Waals surface area contributed by atoms with Crippen molar-refractivity contribution in [3.8, 4) is 0 Å². The summed E-state index contributed by atoms with van der Waals surface area (Å²) in [6, 6.07) is 4.16. The van der Waals surface area contributed by atoms with E-state index in [2.05, 4.69) is 34.9 Å². The van der Waals surface area contributed by atoms with Gasteiger partial charge in [0, 0.05) is 18.1 Å². The van der Waals surface area contributed by atoms with Crippen LogP contribution in [0, 0.1) is 13.3 Å². The number of imidazole rings is 1. The number of fused-ring (bicyclic) bond motifs is 1. The molecule has 2 heterocycles. The van der Waals surface area contributed by atoms with Gasteiger partial charge in [0.15, 0.2) is 0 Å². The second-order valence-electron chi connectivity index (χ2n) is 2.88. The van der Waals surface area contributed by atoms with E-state index < -0.39 is 0 Å². The minimum Gasteiger partial charge on any atom is -0.304 e. The summed E-state index contributed by atoms with van der Waals surface area (Å²) in [5.41, 5.74) is 3.41. The first-order valence-electron chi connectivity index (χ1n) is 4.04. The van der Waals surface area contributed by atoms with Crippen LogP contribution in [0.3, 0.4) is 0 Å². The third kappa shape index (κ3) is 0.998. The Morgan fingerprint density at radius 3 is 3.08 bits per heavy atom. The van der Waals surface area contributed by atoms with Gasteiger partial charge >= 0.3 is 0 Å². The van der Waals surface area contributed by atoms with E-state index in [0.29, 0.717) is 0 Å². The predicted octanol–water partition coefficient (Wildman–Crippen LogP) is 2.22. The average Bonchev–Trinajstić information content (AvgIpc) is 2.47. The molecule has 0 unspecified atom stereocenters. The van der Waals surface area contributed by atoms with Crippen LogP contribution in [-0.2, 0) is 0 Å². The summed E-state index contributed by atoms with van der Waals surface area (Å²) in [5, 5.41) is 0. The van der Waals surface area contributed by atoms with E-state index in [1.165, 1.54) is 11.3 Å². The van der Waals surface area contributed by atoms with Crippen molar-refractivity contribution in [3.05, 3.63) is 42.2 Å². The number of pyridine rings is 1. The molecule has 0 fully saturated rings. The third-order valence-electron chi connectivity index (χ3n) is 2.06. The van der Waals surface area contributed by atoms with Crippen molar-refractivity contribution in [1.29, 1.82) is 0 Å². The van der Waals surface area contributed by atoms with Gasteiger partial charge in [-0.15, -0.1) is 0 Å². The number of nitrogens with zero attached hydrogens (tertiary/aromatic N) is 2. The highest BCUT2D eigenvalue weighted by Crippen LogP contribution is 2.09. The number of hydrogen-bond acceptors (Lipinski definition) is 1. The normalized spacial score (nSPS) is 10.8. The SMILES string of the molecule is C[CH]c1ccn2c(C)cnc2c1. The van der Waals surface area contributed by atoms with E-state index in [9.17, 15) is 0 Å². The molecule has 1 radical (unpaired) electrons. The molecule has 0 amide bonds. The molecule has 0 aliphatic heterocycles. The fraction of sp³-hybridized carbons (Fsp3) is 0.200. The van der Waals surface area contributed by atoms with E-state index in [1.54, 1.807) is 0 Å². The first kappa shape index (κ1) is 7.35. The summed E-state index contributed by atoms with van der Waals surface area (Å²) < 4.78 is 2.08. The quantitative estimate of drug-likeness (QED) is 0.623. The molecule has 2 aromatic rings. The van der Waals surface area contributed by atoms with E-state index in [4.69, 9.17) is 0 Å². The number of aryl methyl sites for hydroxylation is 1. The standard InChI is InChI=1S/C10H11N2/c1-3-9-4-5-12-8(2)7-11-10(12)6-9/h3-7H,1-2H3. The number of rotatable bonds is 1.